The van der Waals surface area contributed by atoms with Gasteiger partial charge in [-0.25, -0.2) is 9.59 Å². The van der Waals surface area contributed by atoms with Crippen molar-refractivity contribution < 1.29 is 9.59 Å². The van der Waals surface area contributed by atoms with E-state index in [0.29, 0.717) is 12.1 Å². The minimum absolute atomic E-state index is 0.0841. The number of benzene rings is 2. The van der Waals surface area contributed by atoms with Gasteiger partial charge < -0.3 is 21.3 Å². The second-order valence-corrected chi connectivity index (χ2v) is 11.6. The normalized spacial score (nSPS) is 23.1. The van der Waals surface area contributed by atoms with Crippen LogP contribution in [0.15, 0.2) is 60.7 Å². The average Bonchev–Trinajstić information content (AvgIpc) is 2.91. The zero-order valence-electron chi connectivity index (χ0n) is 23.7. The van der Waals surface area contributed by atoms with E-state index in [0.717, 1.165) is 60.7 Å². The van der Waals surface area contributed by atoms with Crippen LogP contribution in [0.5, 0.6) is 0 Å². The van der Waals surface area contributed by atoms with Gasteiger partial charge in [0.15, 0.2) is 0 Å². The second-order valence-electron chi connectivity index (χ2n) is 11.6. The quantitative estimate of drug-likeness (QED) is 0.311. The van der Waals surface area contributed by atoms with Crippen LogP contribution in [-0.2, 0) is 0 Å². The third-order valence-electron chi connectivity index (χ3n) is 8.16. The number of hydrogen-bond donors (Lipinski definition) is 4. The number of carbonyl (C=O) groups is 2. The Morgan fingerprint density at radius 1 is 0.553 bits per heavy atom. The molecule has 0 radical (unpaired) electrons. The van der Waals surface area contributed by atoms with E-state index in [-0.39, 0.29) is 12.1 Å². The van der Waals surface area contributed by atoms with Gasteiger partial charge in [0.2, 0.25) is 0 Å². The molecule has 0 aromatic heterocycles. The summed E-state index contributed by atoms with van der Waals surface area (Å²) in [6.45, 7) is 9.17. The SMILES string of the molecule is CC(C)C1CCC(NC(=O)Nc2ccccc2)CC1.CC(C)C1CCC(NC(=O)Nc2ccccc2)CC1. The van der Waals surface area contributed by atoms with Gasteiger partial charge >= 0.3 is 12.1 Å². The third kappa shape index (κ3) is 10.4. The molecule has 38 heavy (non-hydrogen) atoms. The van der Waals surface area contributed by atoms with Crippen LogP contribution in [0.25, 0.3) is 0 Å². The fourth-order valence-corrected chi connectivity index (χ4v) is 5.61. The molecule has 6 heteroatoms. The van der Waals surface area contributed by atoms with E-state index in [1.807, 2.05) is 60.7 Å². The lowest BCUT2D eigenvalue weighted by Gasteiger charge is -2.31. The predicted molar refractivity (Wildman–Crippen MR) is 158 cm³/mol. The molecule has 208 valence electrons. The van der Waals surface area contributed by atoms with Crippen molar-refractivity contribution >= 4 is 23.4 Å². The Morgan fingerprint density at radius 2 is 0.868 bits per heavy atom. The topological polar surface area (TPSA) is 82.3 Å². The lowest BCUT2D eigenvalue weighted by atomic mass is 9.80. The highest BCUT2D eigenvalue weighted by Crippen LogP contribution is 2.30. The molecular formula is C32H48N4O2. The Labute approximate surface area is 229 Å². The van der Waals surface area contributed by atoms with Crippen LogP contribution in [0, 0.1) is 23.7 Å². The van der Waals surface area contributed by atoms with Gasteiger partial charge in [-0.2, -0.15) is 0 Å². The van der Waals surface area contributed by atoms with Gasteiger partial charge in [0, 0.05) is 23.5 Å². The fourth-order valence-electron chi connectivity index (χ4n) is 5.61. The molecule has 4 N–H and O–H groups in total. The van der Waals surface area contributed by atoms with Crippen molar-refractivity contribution in [3.63, 3.8) is 0 Å². The molecule has 2 aliphatic rings. The maximum atomic E-state index is 11.9. The smallest absolute Gasteiger partial charge is 0.319 e. The Bertz CT molecular complexity index is 868. The van der Waals surface area contributed by atoms with Crippen molar-refractivity contribution in [3.8, 4) is 0 Å². The Morgan fingerprint density at radius 3 is 1.16 bits per heavy atom. The van der Waals surface area contributed by atoms with Crippen molar-refractivity contribution in [2.24, 2.45) is 23.7 Å². The highest BCUT2D eigenvalue weighted by Gasteiger charge is 2.25. The molecule has 2 aromatic carbocycles. The molecule has 0 bridgehead atoms. The number of amides is 4. The predicted octanol–water partition coefficient (Wildman–Crippen LogP) is 8.05. The highest BCUT2D eigenvalue weighted by molar-refractivity contribution is 5.89. The zero-order valence-corrected chi connectivity index (χ0v) is 23.7. The Hall–Kier alpha value is -3.02. The lowest BCUT2D eigenvalue weighted by Crippen LogP contribution is -2.40. The number of nitrogens with one attached hydrogen (secondary N) is 4. The lowest BCUT2D eigenvalue weighted by molar-refractivity contribution is 0.223. The van der Waals surface area contributed by atoms with Crippen molar-refractivity contribution in [3.05, 3.63) is 60.7 Å². The molecule has 2 saturated carbocycles. The largest absolute Gasteiger partial charge is 0.335 e. The summed E-state index contributed by atoms with van der Waals surface area (Å²) in [6, 6.07) is 19.7. The summed E-state index contributed by atoms with van der Waals surface area (Å²) < 4.78 is 0. The van der Waals surface area contributed by atoms with Gasteiger partial charge in [-0.05, 0) is 99.3 Å². The summed E-state index contributed by atoms with van der Waals surface area (Å²) in [7, 11) is 0. The van der Waals surface area contributed by atoms with Crippen LogP contribution in [0.2, 0.25) is 0 Å². The van der Waals surface area contributed by atoms with E-state index in [1.54, 1.807) is 0 Å². The van der Waals surface area contributed by atoms with E-state index in [4.69, 9.17) is 0 Å². The van der Waals surface area contributed by atoms with Crippen LogP contribution in [0.4, 0.5) is 21.0 Å². The van der Waals surface area contributed by atoms with E-state index in [9.17, 15) is 9.59 Å². The molecule has 0 aliphatic heterocycles. The van der Waals surface area contributed by atoms with E-state index < -0.39 is 0 Å². The van der Waals surface area contributed by atoms with E-state index >= 15 is 0 Å². The maximum Gasteiger partial charge on any atom is 0.319 e. The van der Waals surface area contributed by atoms with E-state index in [1.165, 1.54) is 25.7 Å². The minimum Gasteiger partial charge on any atom is -0.335 e. The van der Waals surface area contributed by atoms with Crippen LogP contribution >= 0.6 is 0 Å². The fraction of sp³-hybridized carbons (Fsp3) is 0.562. The van der Waals surface area contributed by atoms with Crippen LogP contribution in [0.1, 0.15) is 79.1 Å². The first-order valence-electron chi connectivity index (χ1n) is 14.5. The second kappa shape index (κ2) is 15.4. The molecule has 0 heterocycles. The number of hydrogen-bond acceptors (Lipinski definition) is 2. The summed E-state index contributed by atoms with van der Waals surface area (Å²) >= 11 is 0. The molecule has 4 amide bonds. The molecule has 2 aliphatic carbocycles. The number of urea groups is 2. The van der Waals surface area contributed by atoms with Crippen molar-refractivity contribution in [2.45, 2.75) is 91.1 Å². The monoisotopic (exact) mass is 520 g/mol. The summed E-state index contributed by atoms with van der Waals surface area (Å²) in [5.74, 6) is 3.18. The molecule has 4 rings (SSSR count). The first kappa shape index (κ1) is 29.5. The Kier molecular flexibility index (Phi) is 12.0. The van der Waals surface area contributed by atoms with E-state index in [2.05, 4.69) is 49.0 Å². The van der Waals surface area contributed by atoms with Crippen LogP contribution in [0.3, 0.4) is 0 Å². The van der Waals surface area contributed by atoms with Gasteiger partial charge in [0.05, 0.1) is 0 Å². The zero-order chi connectivity index (χ0) is 27.3. The van der Waals surface area contributed by atoms with Crippen molar-refractivity contribution in [1.82, 2.24) is 10.6 Å². The first-order chi connectivity index (χ1) is 18.3. The van der Waals surface area contributed by atoms with Crippen LogP contribution in [-0.4, -0.2) is 24.1 Å². The summed E-state index contributed by atoms with van der Waals surface area (Å²) in [6.07, 6.45) is 9.33. The summed E-state index contributed by atoms with van der Waals surface area (Å²) in [5, 5.41) is 11.9. The Balaban J connectivity index is 0.000000211. The van der Waals surface area contributed by atoms with Crippen molar-refractivity contribution in [1.29, 1.82) is 0 Å². The van der Waals surface area contributed by atoms with Crippen LogP contribution < -0.4 is 21.3 Å². The summed E-state index contributed by atoms with van der Waals surface area (Å²) in [4.78, 5) is 23.7. The number of para-hydroxylation sites is 2. The molecule has 2 fully saturated rings. The molecule has 0 atom stereocenters. The van der Waals surface area contributed by atoms with Gasteiger partial charge in [0.25, 0.3) is 0 Å². The molecule has 2 aromatic rings. The highest BCUT2D eigenvalue weighted by atomic mass is 16.2. The number of carbonyl (C=O) groups excluding carboxylic acids is 2. The van der Waals surface area contributed by atoms with Gasteiger partial charge in [-0.3, -0.25) is 0 Å². The van der Waals surface area contributed by atoms with Gasteiger partial charge in [-0.1, -0.05) is 64.1 Å². The molecule has 6 nitrogen and oxygen atoms in total. The number of rotatable bonds is 6. The summed E-state index contributed by atoms with van der Waals surface area (Å²) in [5.41, 5.74) is 1.69. The average molecular weight is 521 g/mol. The first-order valence-corrected chi connectivity index (χ1v) is 14.5. The molecular weight excluding hydrogens is 472 g/mol. The molecule has 0 spiro atoms. The van der Waals surface area contributed by atoms with Gasteiger partial charge in [0.1, 0.15) is 0 Å². The standard InChI is InChI=1S/2C16H24N2O/c2*1-12(2)13-8-10-15(11-9-13)18-16(19)17-14-6-4-3-5-7-14/h2*3-7,12-13,15H,8-11H2,1-2H3,(H2,17,18,19). The van der Waals surface area contributed by atoms with Crippen molar-refractivity contribution in [2.75, 3.05) is 10.6 Å². The third-order valence-corrected chi connectivity index (χ3v) is 8.16. The molecule has 0 saturated heterocycles. The molecule has 0 unspecified atom stereocenters. The minimum atomic E-state index is -0.0841. The van der Waals surface area contributed by atoms with Gasteiger partial charge in [-0.15, -0.1) is 0 Å². The number of anilines is 2. The maximum absolute atomic E-state index is 11.9.